The summed E-state index contributed by atoms with van der Waals surface area (Å²) >= 11 is 0. The van der Waals surface area contributed by atoms with Crippen LogP contribution in [0.25, 0.3) is 0 Å². The fraction of sp³-hybridized carbons (Fsp3) is 0.667. The van der Waals surface area contributed by atoms with Crippen molar-refractivity contribution in [1.29, 1.82) is 0 Å². The molecule has 0 saturated carbocycles. The SMILES string of the molecule is NC(=O)OC1CCOC(=O)C1. The molecule has 0 aromatic carbocycles. The first kappa shape index (κ1) is 7.84. The number of cyclic esters (lactones) is 1. The molecule has 0 bridgehead atoms. The minimum atomic E-state index is -0.843. The van der Waals surface area contributed by atoms with Gasteiger partial charge in [0.2, 0.25) is 0 Å². The number of nitrogens with two attached hydrogens (primary N) is 1. The van der Waals surface area contributed by atoms with Crippen molar-refractivity contribution < 1.29 is 19.1 Å². The molecule has 1 aliphatic rings. The van der Waals surface area contributed by atoms with E-state index >= 15 is 0 Å². The van der Waals surface area contributed by atoms with E-state index in [0.29, 0.717) is 13.0 Å². The number of hydrogen-bond donors (Lipinski definition) is 1. The van der Waals surface area contributed by atoms with Crippen molar-refractivity contribution in [3.8, 4) is 0 Å². The maximum absolute atomic E-state index is 10.6. The van der Waals surface area contributed by atoms with Gasteiger partial charge in [0, 0.05) is 6.42 Å². The van der Waals surface area contributed by atoms with Gasteiger partial charge in [-0.1, -0.05) is 0 Å². The number of carbonyl (C=O) groups is 2. The summed E-state index contributed by atoms with van der Waals surface area (Å²) in [5.74, 6) is -0.345. The normalized spacial score (nSPS) is 24.0. The van der Waals surface area contributed by atoms with Gasteiger partial charge in [-0.3, -0.25) is 4.79 Å². The molecule has 0 radical (unpaired) electrons. The lowest BCUT2D eigenvalue weighted by Gasteiger charge is -2.20. The molecule has 5 nitrogen and oxygen atoms in total. The molecule has 62 valence electrons. The van der Waals surface area contributed by atoms with Crippen LogP contribution in [-0.2, 0) is 14.3 Å². The predicted octanol–water partition coefficient (Wildman–Crippen LogP) is -0.213. The van der Waals surface area contributed by atoms with Gasteiger partial charge >= 0.3 is 12.1 Å². The number of ether oxygens (including phenoxy) is 2. The van der Waals surface area contributed by atoms with Crippen LogP contribution >= 0.6 is 0 Å². The highest BCUT2D eigenvalue weighted by Crippen LogP contribution is 2.11. The first-order valence-corrected chi connectivity index (χ1v) is 3.30. The molecule has 1 unspecified atom stereocenters. The van der Waals surface area contributed by atoms with E-state index < -0.39 is 12.2 Å². The first-order chi connectivity index (χ1) is 5.18. The molecule has 2 N–H and O–H groups in total. The van der Waals surface area contributed by atoms with Crippen molar-refractivity contribution in [2.24, 2.45) is 5.73 Å². The van der Waals surface area contributed by atoms with Crippen LogP contribution in [0.2, 0.25) is 0 Å². The lowest BCUT2D eigenvalue weighted by molar-refractivity contribution is -0.151. The molecule has 1 rings (SSSR count). The maximum atomic E-state index is 10.6. The Kier molecular flexibility index (Phi) is 2.30. The summed E-state index contributed by atoms with van der Waals surface area (Å²) in [6.45, 7) is 0.302. The third-order valence-electron chi connectivity index (χ3n) is 1.38. The summed E-state index contributed by atoms with van der Waals surface area (Å²) in [4.78, 5) is 20.8. The van der Waals surface area contributed by atoms with Gasteiger partial charge in [0.15, 0.2) is 0 Å². The maximum Gasteiger partial charge on any atom is 0.404 e. The van der Waals surface area contributed by atoms with E-state index in [1.54, 1.807) is 0 Å². The molecule has 1 amide bonds. The van der Waals surface area contributed by atoms with Crippen LogP contribution in [-0.4, -0.2) is 24.8 Å². The number of esters is 1. The molecule has 0 spiro atoms. The molecule has 0 aromatic rings. The van der Waals surface area contributed by atoms with Crippen molar-refractivity contribution in [3.63, 3.8) is 0 Å². The smallest absolute Gasteiger partial charge is 0.404 e. The number of hydrogen-bond acceptors (Lipinski definition) is 4. The molecule has 0 aromatic heterocycles. The average molecular weight is 159 g/mol. The van der Waals surface area contributed by atoms with E-state index in [9.17, 15) is 9.59 Å². The highest BCUT2D eigenvalue weighted by atomic mass is 16.6. The molecule has 1 heterocycles. The quantitative estimate of drug-likeness (QED) is 0.537. The standard InChI is InChI=1S/C6H9NO4/c7-6(9)11-4-1-2-10-5(8)3-4/h4H,1-3H2,(H2,7,9). The molecule has 1 fully saturated rings. The molecular formula is C6H9NO4. The number of amides is 1. The second-order valence-corrected chi connectivity index (χ2v) is 2.27. The Morgan fingerprint density at radius 3 is 3.00 bits per heavy atom. The highest BCUT2D eigenvalue weighted by molar-refractivity contribution is 5.71. The fourth-order valence-corrected chi connectivity index (χ4v) is 0.916. The zero-order chi connectivity index (χ0) is 8.27. The average Bonchev–Trinajstić information content (AvgIpc) is 1.85. The van der Waals surface area contributed by atoms with Gasteiger partial charge in [-0.05, 0) is 0 Å². The minimum absolute atomic E-state index is 0.114. The molecule has 0 aliphatic carbocycles. The van der Waals surface area contributed by atoms with Crippen molar-refractivity contribution in [2.45, 2.75) is 18.9 Å². The fourth-order valence-electron chi connectivity index (χ4n) is 0.916. The van der Waals surface area contributed by atoms with Crippen LogP contribution in [0, 0.1) is 0 Å². The Morgan fingerprint density at radius 1 is 1.73 bits per heavy atom. The summed E-state index contributed by atoms with van der Waals surface area (Å²) in [5.41, 5.74) is 4.76. The van der Waals surface area contributed by atoms with E-state index in [1.807, 2.05) is 0 Å². The Labute approximate surface area is 63.4 Å². The van der Waals surface area contributed by atoms with Crippen molar-refractivity contribution in [3.05, 3.63) is 0 Å². The third kappa shape index (κ3) is 2.45. The van der Waals surface area contributed by atoms with E-state index in [-0.39, 0.29) is 12.4 Å². The Balaban J connectivity index is 2.34. The predicted molar refractivity (Wildman–Crippen MR) is 34.6 cm³/mol. The second kappa shape index (κ2) is 3.23. The van der Waals surface area contributed by atoms with Gasteiger partial charge in [-0.2, -0.15) is 0 Å². The van der Waals surface area contributed by atoms with Gasteiger partial charge < -0.3 is 15.2 Å². The highest BCUT2D eigenvalue weighted by Gasteiger charge is 2.22. The van der Waals surface area contributed by atoms with Crippen LogP contribution in [0.5, 0.6) is 0 Å². The topological polar surface area (TPSA) is 78.6 Å². The summed E-state index contributed by atoms with van der Waals surface area (Å²) in [6.07, 6.45) is -0.587. The molecule has 1 aliphatic heterocycles. The molecular weight excluding hydrogens is 150 g/mol. The number of primary amides is 1. The van der Waals surface area contributed by atoms with Gasteiger partial charge in [0.25, 0.3) is 0 Å². The minimum Gasteiger partial charge on any atom is -0.465 e. The lowest BCUT2D eigenvalue weighted by Crippen LogP contribution is -2.31. The van der Waals surface area contributed by atoms with Crippen molar-refractivity contribution >= 4 is 12.1 Å². The van der Waals surface area contributed by atoms with Gasteiger partial charge in [0.1, 0.15) is 6.10 Å². The molecule has 5 heteroatoms. The number of carbonyl (C=O) groups excluding carboxylic acids is 2. The van der Waals surface area contributed by atoms with Crippen molar-refractivity contribution in [1.82, 2.24) is 0 Å². The Hall–Kier alpha value is -1.26. The van der Waals surface area contributed by atoms with Crippen LogP contribution in [0.15, 0.2) is 0 Å². The first-order valence-electron chi connectivity index (χ1n) is 3.30. The molecule has 11 heavy (non-hydrogen) atoms. The van der Waals surface area contributed by atoms with E-state index in [2.05, 4.69) is 9.47 Å². The largest absolute Gasteiger partial charge is 0.465 e. The van der Waals surface area contributed by atoms with Crippen molar-refractivity contribution in [2.75, 3.05) is 6.61 Å². The molecule has 1 saturated heterocycles. The Morgan fingerprint density at radius 2 is 2.45 bits per heavy atom. The Bertz CT molecular complexity index is 177. The van der Waals surface area contributed by atoms with Gasteiger partial charge in [-0.25, -0.2) is 4.79 Å². The zero-order valence-electron chi connectivity index (χ0n) is 5.91. The summed E-state index contributed by atoms with van der Waals surface area (Å²) in [6, 6.07) is 0. The third-order valence-corrected chi connectivity index (χ3v) is 1.38. The monoisotopic (exact) mass is 159 g/mol. The van der Waals surface area contributed by atoms with Crippen LogP contribution in [0.4, 0.5) is 4.79 Å². The summed E-state index contributed by atoms with van der Waals surface area (Å²) in [7, 11) is 0. The van der Waals surface area contributed by atoms with E-state index in [1.165, 1.54) is 0 Å². The summed E-state index contributed by atoms with van der Waals surface area (Å²) < 4.78 is 9.22. The zero-order valence-corrected chi connectivity index (χ0v) is 5.91. The number of rotatable bonds is 1. The van der Waals surface area contributed by atoms with E-state index in [0.717, 1.165) is 0 Å². The van der Waals surface area contributed by atoms with Crippen LogP contribution in [0.1, 0.15) is 12.8 Å². The van der Waals surface area contributed by atoms with E-state index in [4.69, 9.17) is 5.73 Å². The summed E-state index contributed by atoms with van der Waals surface area (Å²) in [5, 5.41) is 0. The lowest BCUT2D eigenvalue weighted by atomic mass is 10.1. The van der Waals surface area contributed by atoms with Gasteiger partial charge in [0.05, 0.1) is 13.0 Å². The second-order valence-electron chi connectivity index (χ2n) is 2.27. The van der Waals surface area contributed by atoms with Crippen LogP contribution < -0.4 is 5.73 Å². The van der Waals surface area contributed by atoms with Crippen LogP contribution in [0.3, 0.4) is 0 Å². The van der Waals surface area contributed by atoms with Gasteiger partial charge in [-0.15, -0.1) is 0 Å². The molecule has 1 atom stereocenters.